The van der Waals surface area contributed by atoms with Gasteiger partial charge in [-0.05, 0) is 6.26 Å². The maximum atomic E-state index is 5.03. The van der Waals surface area contributed by atoms with Crippen molar-refractivity contribution >= 4 is 39.3 Å². The lowest BCUT2D eigenvalue weighted by Crippen LogP contribution is -2.08. The van der Waals surface area contributed by atoms with Crippen LogP contribution in [-0.2, 0) is 0 Å². The second kappa shape index (κ2) is 3.84. The topological polar surface area (TPSA) is 0 Å². The molecule has 0 rings (SSSR count). The minimum absolute atomic E-state index is 0.278. The average molecular weight is 180 g/mol. The maximum Gasteiger partial charge on any atom is 0.104 e. The van der Waals surface area contributed by atoms with Crippen LogP contribution < -0.4 is 0 Å². The van der Waals surface area contributed by atoms with Crippen molar-refractivity contribution in [3.8, 4) is 0 Å². The molecule has 0 aromatic rings. The van der Waals surface area contributed by atoms with Gasteiger partial charge in [0, 0.05) is 4.75 Å². The fraction of sp³-hybridized carbons (Fsp3) is 0.833. The summed E-state index contributed by atoms with van der Waals surface area (Å²) in [6, 6.07) is 0. The Morgan fingerprint density at radius 3 is 1.89 bits per heavy atom. The first-order valence-electron chi connectivity index (χ1n) is 2.72. The summed E-state index contributed by atoms with van der Waals surface area (Å²) in [5.41, 5.74) is 0. The number of hydrogen-bond donors (Lipinski definition) is 0. The Morgan fingerprint density at radius 1 is 1.33 bits per heavy atom. The van der Waals surface area contributed by atoms with Gasteiger partial charge in [0.05, 0.1) is 0 Å². The lowest BCUT2D eigenvalue weighted by molar-refractivity contribution is 0.809. The Balaban J connectivity index is 3.60. The van der Waals surface area contributed by atoms with Crippen molar-refractivity contribution in [1.29, 1.82) is 0 Å². The van der Waals surface area contributed by atoms with Gasteiger partial charge in [0.2, 0.25) is 0 Å². The molecule has 54 valence electrons. The molecule has 0 radical (unpaired) electrons. The van der Waals surface area contributed by atoms with Gasteiger partial charge in [-0.1, -0.05) is 33.0 Å². The van der Waals surface area contributed by atoms with Crippen LogP contribution in [-0.4, -0.2) is 14.5 Å². The zero-order valence-corrected chi connectivity index (χ0v) is 8.67. The number of thiocarbonyl (C=S) groups is 1. The third kappa shape index (κ3) is 6.68. The summed E-state index contributed by atoms with van der Waals surface area (Å²) in [7, 11) is 0. The molecule has 0 saturated heterocycles. The number of thioether (sulfide) groups is 2. The highest BCUT2D eigenvalue weighted by Gasteiger charge is 2.12. The standard InChI is InChI=1S/C6H12S3/c1-6(2,3)9-5(7)8-4/h1-4H3. The molecule has 0 spiro atoms. The molecular weight excluding hydrogens is 168 g/mol. The van der Waals surface area contributed by atoms with E-state index in [1.54, 1.807) is 23.5 Å². The zero-order valence-electron chi connectivity index (χ0n) is 6.22. The Hall–Kier alpha value is 0.790. The molecule has 0 nitrogen and oxygen atoms in total. The second-order valence-electron chi connectivity index (χ2n) is 2.67. The minimum Gasteiger partial charge on any atom is -0.111 e. The van der Waals surface area contributed by atoms with E-state index in [-0.39, 0.29) is 4.75 Å². The molecular formula is C6H12S3. The largest absolute Gasteiger partial charge is 0.111 e. The Labute approximate surface area is 71.2 Å². The van der Waals surface area contributed by atoms with Crippen LogP contribution in [0.5, 0.6) is 0 Å². The number of rotatable bonds is 0. The molecule has 0 aliphatic rings. The molecule has 0 aromatic carbocycles. The third-order valence-corrected chi connectivity index (χ3v) is 3.17. The van der Waals surface area contributed by atoms with Crippen LogP contribution in [0.1, 0.15) is 20.8 Å². The van der Waals surface area contributed by atoms with Crippen LogP contribution in [0.25, 0.3) is 0 Å². The Morgan fingerprint density at radius 2 is 1.78 bits per heavy atom. The van der Waals surface area contributed by atoms with Gasteiger partial charge in [-0.3, -0.25) is 0 Å². The first kappa shape index (κ1) is 9.79. The maximum absolute atomic E-state index is 5.03. The predicted octanol–water partition coefficient (Wildman–Crippen LogP) is 3.17. The summed E-state index contributed by atoms with van der Waals surface area (Å²) < 4.78 is 1.31. The van der Waals surface area contributed by atoms with Crippen molar-refractivity contribution in [3.05, 3.63) is 0 Å². The lowest BCUT2D eigenvalue weighted by atomic mass is 10.3. The molecule has 0 aromatic heterocycles. The van der Waals surface area contributed by atoms with E-state index >= 15 is 0 Å². The molecule has 0 aliphatic heterocycles. The molecule has 0 bridgehead atoms. The van der Waals surface area contributed by atoms with E-state index in [1.165, 1.54) is 0 Å². The molecule has 0 N–H and O–H groups in total. The van der Waals surface area contributed by atoms with E-state index in [1.807, 2.05) is 6.26 Å². The van der Waals surface area contributed by atoms with Gasteiger partial charge in [-0.15, -0.1) is 23.5 Å². The quantitative estimate of drug-likeness (QED) is 0.526. The van der Waals surface area contributed by atoms with Crippen molar-refractivity contribution in [2.75, 3.05) is 6.26 Å². The van der Waals surface area contributed by atoms with E-state index in [4.69, 9.17) is 12.2 Å². The summed E-state index contributed by atoms with van der Waals surface area (Å²) in [5.74, 6) is 0. The highest BCUT2D eigenvalue weighted by Crippen LogP contribution is 2.28. The molecule has 0 heterocycles. The molecule has 0 aliphatic carbocycles. The predicted molar refractivity (Wildman–Crippen MR) is 53.5 cm³/mol. The van der Waals surface area contributed by atoms with E-state index in [0.29, 0.717) is 0 Å². The van der Waals surface area contributed by atoms with E-state index in [2.05, 4.69) is 20.8 Å². The first-order valence-corrected chi connectivity index (χ1v) is 5.17. The van der Waals surface area contributed by atoms with Crippen molar-refractivity contribution in [2.24, 2.45) is 0 Å². The van der Waals surface area contributed by atoms with Crippen LogP contribution in [0, 0.1) is 0 Å². The van der Waals surface area contributed by atoms with Gasteiger partial charge < -0.3 is 0 Å². The summed E-state index contributed by atoms with van der Waals surface area (Å²) in [6.45, 7) is 6.50. The van der Waals surface area contributed by atoms with Crippen LogP contribution in [0.2, 0.25) is 0 Å². The summed E-state index contributed by atoms with van der Waals surface area (Å²) >= 11 is 8.43. The highest BCUT2D eigenvalue weighted by molar-refractivity contribution is 8.47. The van der Waals surface area contributed by atoms with Gasteiger partial charge in [-0.25, -0.2) is 0 Å². The van der Waals surface area contributed by atoms with Gasteiger partial charge in [0.1, 0.15) is 3.53 Å². The summed E-state index contributed by atoms with van der Waals surface area (Å²) in [4.78, 5) is 0. The molecule has 0 amide bonds. The van der Waals surface area contributed by atoms with Crippen molar-refractivity contribution in [3.63, 3.8) is 0 Å². The number of hydrogen-bond acceptors (Lipinski definition) is 3. The van der Waals surface area contributed by atoms with Gasteiger partial charge in [0.15, 0.2) is 0 Å². The monoisotopic (exact) mass is 180 g/mol. The van der Waals surface area contributed by atoms with Crippen molar-refractivity contribution in [1.82, 2.24) is 0 Å². The van der Waals surface area contributed by atoms with Gasteiger partial charge in [0.25, 0.3) is 0 Å². The second-order valence-corrected chi connectivity index (χ2v) is 6.51. The van der Waals surface area contributed by atoms with E-state index in [0.717, 1.165) is 3.53 Å². The van der Waals surface area contributed by atoms with Crippen LogP contribution in [0.3, 0.4) is 0 Å². The highest BCUT2D eigenvalue weighted by atomic mass is 32.2. The molecule has 0 atom stereocenters. The summed E-state index contributed by atoms with van der Waals surface area (Å²) in [5, 5.41) is 0. The fourth-order valence-corrected chi connectivity index (χ4v) is 2.62. The normalized spacial score (nSPS) is 11.6. The molecule has 0 fully saturated rings. The molecule has 9 heavy (non-hydrogen) atoms. The van der Waals surface area contributed by atoms with Crippen LogP contribution in [0.4, 0.5) is 0 Å². The van der Waals surface area contributed by atoms with Gasteiger partial charge >= 0.3 is 0 Å². The van der Waals surface area contributed by atoms with E-state index < -0.39 is 0 Å². The molecule has 0 saturated carbocycles. The van der Waals surface area contributed by atoms with Gasteiger partial charge in [-0.2, -0.15) is 0 Å². The fourth-order valence-electron chi connectivity index (χ4n) is 0.292. The lowest BCUT2D eigenvalue weighted by Gasteiger charge is -2.16. The zero-order chi connectivity index (χ0) is 7.49. The molecule has 0 unspecified atom stereocenters. The van der Waals surface area contributed by atoms with Crippen molar-refractivity contribution in [2.45, 2.75) is 25.5 Å². The Kier molecular flexibility index (Phi) is 4.17. The van der Waals surface area contributed by atoms with Crippen molar-refractivity contribution < 1.29 is 0 Å². The smallest absolute Gasteiger partial charge is 0.104 e. The summed E-state index contributed by atoms with van der Waals surface area (Å²) in [6.07, 6.45) is 2.01. The van der Waals surface area contributed by atoms with Crippen LogP contribution >= 0.6 is 35.7 Å². The average Bonchev–Trinajstić information content (AvgIpc) is 1.62. The van der Waals surface area contributed by atoms with Crippen LogP contribution in [0.15, 0.2) is 0 Å². The SMILES string of the molecule is CSC(=S)SC(C)(C)C. The first-order chi connectivity index (χ1) is 3.95. The Bertz CT molecular complexity index is 101. The van der Waals surface area contributed by atoms with E-state index in [9.17, 15) is 0 Å². The minimum atomic E-state index is 0.278. The third-order valence-electron chi connectivity index (χ3n) is 0.556. The molecule has 3 heteroatoms.